The van der Waals surface area contributed by atoms with E-state index in [4.69, 9.17) is 5.73 Å². The number of rotatable bonds is 4. The van der Waals surface area contributed by atoms with E-state index in [1.807, 2.05) is 37.3 Å². The van der Waals surface area contributed by atoms with Crippen LogP contribution in [0.2, 0.25) is 0 Å². The molecule has 0 aliphatic rings. The maximum absolute atomic E-state index is 12.3. The van der Waals surface area contributed by atoms with Crippen molar-refractivity contribution in [2.75, 3.05) is 5.75 Å². The van der Waals surface area contributed by atoms with E-state index in [-0.39, 0.29) is 6.04 Å². The van der Waals surface area contributed by atoms with Crippen LogP contribution in [0, 0.1) is 20.8 Å². The van der Waals surface area contributed by atoms with Crippen molar-refractivity contribution in [2.24, 2.45) is 5.73 Å². The second kappa shape index (κ2) is 6.33. The molecular weight excluding hydrogens is 266 g/mol. The maximum atomic E-state index is 12.3. The van der Waals surface area contributed by atoms with Crippen molar-refractivity contribution in [1.29, 1.82) is 0 Å². The van der Waals surface area contributed by atoms with Gasteiger partial charge in [-0.2, -0.15) is 0 Å². The minimum Gasteiger partial charge on any atom is -0.323 e. The molecule has 2 rings (SSSR count). The Kier molecular flexibility index (Phi) is 4.73. The molecule has 3 heteroatoms. The Labute approximate surface area is 123 Å². The Morgan fingerprint density at radius 1 is 1.00 bits per heavy atom. The van der Waals surface area contributed by atoms with Gasteiger partial charge < -0.3 is 5.73 Å². The highest BCUT2D eigenvalue weighted by Gasteiger charge is 2.12. The molecule has 0 fully saturated rings. The predicted molar refractivity (Wildman–Crippen MR) is 85.3 cm³/mol. The Morgan fingerprint density at radius 3 is 2.25 bits per heavy atom. The normalized spacial score (nSPS) is 14.0. The Bertz CT molecular complexity index is 619. The average molecular weight is 287 g/mol. The molecule has 20 heavy (non-hydrogen) atoms. The second-order valence-electron chi connectivity index (χ2n) is 5.28. The van der Waals surface area contributed by atoms with Gasteiger partial charge in [-0.15, -0.1) is 0 Å². The van der Waals surface area contributed by atoms with Crippen LogP contribution in [-0.4, -0.2) is 9.96 Å². The van der Waals surface area contributed by atoms with Gasteiger partial charge in [0.05, 0.1) is 10.8 Å². The summed E-state index contributed by atoms with van der Waals surface area (Å²) in [7, 11) is -1.06. The number of hydrogen-bond acceptors (Lipinski definition) is 2. The molecule has 0 radical (unpaired) electrons. The molecule has 0 aliphatic carbocycles. The van der Waals surface area contributed by atoms with E-state index in [1.54, 1.807) is 0 Å². The molecule has 2 nitrogen and oxygen atoms in total. The molecule has 0 amide bonds. The zero-order valence-electron chi connectivity index (χ0n) is 12.2. The molecule has 0 saturated carbocycles. The first-order chi connectivity index (χ1) is 9.47. The molecule has 0 saturated heterocycles. The summed E-state index contributed by atoms with van der Waals surface area (Å²) < 4.78 is 12.3. The van der Waals surface area contributed by atoms with E-state index in [1.165, 1.54) is 16.7 Å². The van der Waals surface area contributed by atoms with Gasteiger partial charge >= 0.3 is 0 Å². The van der Waals surface area contributed by atoms with Gasteiger partial charge in [-0.05, 0) is 49.6 Å². The topological polar surface area (TPSA) is 43.1 Å². The van der Waals surface area contributed by atoms with Crippen LogP contribution in [0.15, 0.2) is 47.4 Å². The van der Waals surface area contributed by atoms with E-state index >= 15 is 0 Å². The highest BCUT2D eigenvalue weighted by Crippen LogP contribution is 2.18. The largest absolute Gasteiger partial charge is 0.323 e. The fourth-order valence-electron chi connectivity index (χ4n) is 2.04. The van der Waals surface area contributed by atoms with Crippen LogP contribution in [0.1, 0.15) is 28.3 Å². The van der Waals surface area contributed by atoms with Crippen LogP contribution in [-0.2, 0) is 10.8 Å². The third-order valence-electron chi connectivity index (χ3n) is 3.57. The van der Waals surface area contributed by atoms with E-state index in [0.717, 1.165) is 10.5 Å². The molecule has 0 heterocycles. The lowest BCUT2D eigenvalue weighted by Gasteiger charge is -2.13. The van der Waals surface area contributed by atoms with E-state index in [2.05, 4.69) is 26.0 Å². The van der Waals surface area contributed by atoms with Crippen LogP contribution in [0.4, 0.5) is 0 Å². The second-order valence-corrected chi connectivity index (χ2v) is 6.77. The fourth-order valence-corrected chi connectivity index (χ4v) is 3.19. The molecular formula is C17H21NOS. The summed E-state index contributed by atoms with van der Waals surface area (Å²) in [6.07, 6.45) is 0. The lowest BCUT2D eigenvalue weighted by Crippen LogP contribution is -2.18. The average Bonchev–Trinajstić information content (AvgIpc) is 2.42. The smallest absolute Gasteiger partial charge is 0.0548 e. The van der Waals surface area contributed by atoms with Gasteiger partial charge in [-0.3, -0.25) is 4.21 Å². The van der Waals surface area contributed by atoms with Crippen molar-refractivity contribution in [2.45, 2.75) is 31.7 Å². The molecule has 0 aliphatic heterocycles. The van der Waals surface area contributed by atoms with E-state index in [0.29, 0.717) is 5.75 Å². The van der Waals surface area contributed by atoms with Crippen LogP contribution in [0.5, 0.6) is 0 Å². The Morgan fingerprint density at radius 2 is 1.65 bits per heavy atom. The van der Waals surface area contributed by atoms with Crippen LogP contribution >= 0.6 is 0 Å². The fraction of sp³-hybridized carbons (Fsp3) is 0.294. The molecule has 2 aromatic rings. The van der Waals surface area contributed by atoms with Gasteiger partial charge in [0.25, 0.3) is 0 Å². The van der Waals surface area contributed by atoms with Gasteiger partial charge in [0, 0.05) is 16.7 Å². The monoisotopic (exact) mass is 287 g/mol. The molecule has 2 unspecified atom stereocenters. The van der Waals surface area contributed by atoms with E-state index in [9.17, 15) is 4.21 Å². The number of aryl methyl sites for hydroxylation is 3. The molecule has 2 aromatic carbocycles. The molecule has 2 atom stereocenters. The summed E-state index contributed by atoms with van der Waals surface area (Å²) in [4.78, 5) is 0.842. The van der Waals surface area contributed by atoms with Crippen LogP contribution in [0.3, 0.4) is 0 Å². The third-order valence-corrected chi connectivity index (χ3v) is 5.03. The highest BCUT2D eigenvalue weighted by atomic mass is 32.2. The van der Waals surface area contributed by atoms with Crippen molar-refractivity contribution in [1.82, 2.24) is 0 Å². The van der Waals surface area contributed by atoms with Gasteiger partial charge in [-0.1, -0.05) is 35.9 Å². The summed E-state index contributed by atoms with van der Waals surface area (Å²) in [5.41, 5.74) is 10.9. The summed E-state index contributed by atoms with van der Waals surface area (Å²) in [6, 6.07) is 13.8. The van der Waals surface area contributed by atoms with Crippen LogP contribution < -0.4 is 5.73 Å². The SMILES string of the molecule is Cc1ccc(S(=O)CC(N)c2ccc(C)c(C)c2)cc1. The quantitative estimate of drug-likeness (QED) is 0.936. The van der Waals surface area contributed by atoms with Crippen molar-refractivity contribution >= 4 is 10.8 Å². The van der Waals surface area contributed by atoms with Crippen molar-refractivity contribution in [3.8, 4) is 0 Å². The standard InChI is InChI=1S/C17H21NOS/c1-12-4-8-16(9-5-12)20(19)11-17(18)15-7-6-13(2)14(3)10-15/h4-10,17H,11,18H2,1-3H3. The zero-order valence-corrected chi connectivity index (χ0v) is 13.0. The van der Waals surface area contributed by atoms with Gasteiger partial charge in [0.1, 0.15) is 0 Å². The summed E-state index contributed by atoms with van der Waals surface area (Å²) in [5.74, 6) is 0.450. The zero-order chi connectivity index (χ0) is 14.7. The predicted octanol–water partition coefficient (Wildman–Crippen LogP) is 3.42. The minimum atomic E-state index is -1.06. The lowest BCUT2D eigenvalue weighted by atomic mass is 10.0. The maximum Gasteiger partial charge on any atom is 0.0548 e. The number of hydrogen-bond donors (Lipinski definition) is 1. The third kappa shape index (κ3) is 3.56. The van der Waals surface area contributed by atoms with Crippen molar-refractivity contribution in [3.63, 3.8) is 0 Å². The minimum absolute atomic E-state index is 0.198. The van der Waals surface area contributed by atoms with Gasteiger partial charge in [-0.25, -0.2) is 0 Å². The molecule has 0 bridgehead atoms. The van der Waals surface area contributed by atoms with Crippen molar-refractivity contribution < 1.29 is 4.21 Å². The summed E-state index contributed by atoms with van der Waals surface area (Å²) in [5, 5.41) is 0. The molecule has 0 spiro atoms. The first kappa shape index (κ1) is 14.9. The number of benzene rings is 2. The highest BCUT2D eigenvalue weighted by molar-refractivity contribution is 7.85. The first-order valence-corrected chi connectivity index (χ1v) is 8.07. The van der Waals surface area contributed by atoms with Crippen LogP contribution in [0.25, 0.3) is 0 Å². The molecule has 0 aromatic heterocycles. The van der Waals surface area contributed by atoms with Gasteiger partial charge in [0.15, 0.2) is 0 Å². The molecule has 2 N–H and O–H groups in total. The Hall–Kier alpha value is -1.45. The summed E-state index contributed by atoms with van der Waals surface area (Å²) in [6.45, 7) is 6.17. The Balaban J connectivity index is 2.10. The molecule has 106 valence electrons. The number of nitrogens with two attached hydrogens (primary N) is 1. The lowest BCUT2D eigenvalue weighted by molar-refractivity contribution is 0.675. The van der Waals surface area contributed by atoms with E-state index < -0.39 is 10.8 Å². The summed E-state index contributed by atoms with van der Waals surface area (Å²) >= 11 is 0. The first-order valence-electron chi connectivity index (χ1n) is 6.75. The van der Waals surface area contributed by atoms with Crippen molar-refractivity contribution in [3.05, 3.63) is 64.7 Å². The van der Waals surface area contributed by atoms with Gasteiger partial charge in [0.2, 0.25) is 0 Å².